The number of hydrogen-bond acceptors (Lipinski definition) is 1. The molecule has 1 aromatic rings. The van der Waals surface area contributed by atoms with E-state index in [4.69, 9.17) is 12.2 Å². The van der Waals surface area contributed by atoms with Crippen LogP contribution in [0.2, 0.25) is 19.6 Å². The molecule has 3 heteroatoms. The lowest BCUT2D eigenvalue weighted by atomic mass is 10.3. The van der Waals surface area contributed by atoms with Crippen molar-refractivity contribution in [3.05, 3.63) is 30.3 Å². The average Bonchev–Trinajstić information content (AvgIpc) is 2.02. The van der Waals surface area contributed by atoms with Gasteiger partial charge in [0.1, 0.15) is 0 Å². The third-order valence-electron chi connectivity index (χ3n) is 2.00. The van der Waals surface area contributed by atoms with Gasteiger partial charge in [-0.25, -0.2) is 0 Å². The van der Waals surface area contributed by atoms with Gasteiger partial charge in [-0.15, -0.1) is 0 Å². The molecule has 0 aliphatic carbocycles. The Morgan fingerprint density at radius 3 is 2.00 bits per heavy atom. The Morgan fingerprint density at radius 2 is 1.64 bits per heavy atom. The quantitative estimate of drug-likeness (QED) is 0.556. The van der Waals surface area contributed by atoms with E-state index in [1.807, 2.05) is 13.0 Å². The number of nitrogens with zero attached hydrogens (tertiary/aromatic N) is 1. The third kappa shape index (κ3) is 2.66. The van der Waals surface area contributed by atoms with Gasteiger partial charge in [0.05, 0.1) is 4.99 Å². The minimum absolute atomic E-state index is 0.968. The lowest BCUT2D eigenvalue weighted by molar-refractivity contribution is 1.39. The fourth-order valence-corrected chi connectivity index (χ4v) is 4.41. The van der Waals surface area contributed by atoms with Gasteiger partial charge in [-0.3, -0.25) is 0 Å². The molecule has 0 spiro atoms. The monoisotopic (exact) mass is 223 g/mol. The molecule has 0 aromatic heterocycles. The number of rotatable bonds is 2. The summed E-state index contributed by atoms with van der Waals surface area (Å²) in [5.74, 6) is 0. The van der Waals surface area contributed by atoms with Crippen LogP contribution in [0.5, 0.6) is 0 Å². The molecular formula is C11H17NSSi. The molecule has 0 radical (unpaired) electrons. The molecule has 0 fully saturated rings. The van der Waals surface area contributed by atoms with E-state index in [2.05, 4.69) is 48.5 Å². The zero-order chi connectivity index (χ0) is 10.8. The molecule has 0 saturated heterocycles. The predicted octanol–water partition coefficient (Wildman–Crippen LogP) is 3.68. The van der Waals surface area contributed by atoms with Crippen molar-refractivity contribution in [1.82, 2.24) is 0 Å². The van der Waals surface area contributed by atoms with Crippen LogP contribution in [-0.4, -0.2) is 13.2 Å². The molecular weight excluding hydrogens is 206 g/mol. The summed E-state index contributed by atoms with van der Waals surface area (Å²) in [4.78, 5) is 0.968. The molecule has 0 aliphatic rings. The number of para-hydroxylation sites is 1. The zero-order valence-corrected chi connectivity index (χ0v) is 11.1. The number of hydrogen-bond donors (Lipinski definition) is 0. The van der Waals surface area contributed by atoms with Gasteiger partial charge in [-0.05, 0) is 19.1 Å². The molecule has 1 rings (SSSR count). The van der Waals surface area contributed by atoms with Crippen molar-refractivity contribution in [2.24, 2.45) is 0 Å². The van der Waals surface area contributed by atoms with Crippen LogP contribution >= 0.6 is 12.2 Å². The van der Waals surface area contributed by atoms with Gasteiger partial charge in [-0.2, -0.15) is 0 Å². The first-order valence-electron chi connectivity index (χ1n) is 4.79. The van der Waals surface area contributed by atoms with Gasteiger partial charge in [0, 0.05) is 5.69 Å². The summed E-state index contributed by atoms with van der Waals surface area (Å²) in [5.41, 5.74) is 1.22. The Bertz CT molecular complexity index is 316. The smallest absolute Gasteiger partial charge is 0.154 e. The maximum absolute atomic E-state index is 5.31. The molecule has 0 N–H and O–H groups in total. The first kappa shape index (κ1) is 11.4. The van der Waals surface area contributed by atoms with Crippen LogP contribution in [0.4, 0.5) is 5.69 Å². The van der Waals surface area contributed by atoms with Crippen LogP contribution in [0.1, 0.15) is 6.92 Å². The normalized spacial score (nSPS) is 11.1. The maximum atomic E-state index is 5.31. The van der Waals surface area contributed by atoms with E-state index >= 15 is 0 Å². The molecule has 0 unspecified atom stereocenters. The summed E-state index contributed by atoms with van der Waals surface area (Å²) < 4.78 is 2.31. The van der Waals surface area contributed by atoms with Gasteiger partial charge in [0.15, 0.2) is 8.24 Å². The van der Waals surface area contributed by atoms with Crippen molar-refractivity contribution in [2.75, 3.05) is 4.57 Å². The second-order valence-corrected chi connectivity index (χ2v) is 9.74. The summed E-state index contributed by atoms with van der Waals surface area (Å²) in [6.45, 7) is 8.90. The Morgan fingerprint density at radius 1 is 1.14 bits per heavy atom. The lowest BCUT2D eigenvalue weighted by Gasteiger charge is -2.35. The van der Waals surface area contributed by atoms with Gasteiger partial charge >= 0.3 is 0 Å². The molecule has 0 bridgehead atoms. The molecule has 76 valence electrons. The highest BCUT2D eigenvalue weighted by Crippen LogP contribution is 2.21. The standard InChI is InChI=1S/C11H17NSSi/c1-10(13)12(14(2,3)4)11-8-6-5-7-9-11/h5-9H,1-4H3. The first-order valence-corrected chi connectivity index (χ1v) is 8.64. The van der Waals surface area contributed by atoms with Crippen molar-refractivity contribution < 1.29 is 0 Å². The minimum Gasteiger partial charge on any atom is -0.364 e. The van der Waals surface area contributed by atoms with Crippen LogP contribution in [0.15, 0.2) is 30.3 Å². The first-order chi connectivity index (χ1) is 6.43. The predicted molar refractivity (Wildman–Crippen MR) is 70.5 cm³/mol. The van der Waals surface area contributed by atoms with Crippen LogP contribution in [0, 0.1) is 0 Å². The minimum atomic E-state index is -1.40. The highest BCUT2D eigenvalue weighted by molar-refractivity contribution is 7.80. The van der Waals surface area contributed by atoms with Gasteiger partial charge < -0.3 is 4.57 Å². The molecule has 0 saturated carbocycles. The van der Waals surface area contributed by atoms with Crippen molar-refractivity contribution >= 4 is 31.1 Å². The number of benzene rings is 1. The summed E-state index contributed by atoms with van der Waals surface area (Å²) in [6, 6.07) is 10.4. The van der Waals surface area contributed by atoms with Crippen LogP contribution in [0.3, 0.4) is 0 Å². The van der Waals surface area contributed by atoms with Crippen molar-refractivity contribution in [2.45, 2.75) is 26.6 Å². The van der Waals surface area contributed by atoms with Gasteiger partial charge in [-0.1, -0.05) is 50.1 Å². The van der Waals surface area contributed by atoms with Gasteiger partial charge in [0.2, 0.25) is 0 Å². The average molecular weight is 223 g/mol. The van der Waals surface area contributed by atoms with Crippen molar-refractivity contribution in [1.29, 1.82) is 0 Å². The summed E-state index contributed by atoms with van der Waals surface area (Å²) >= 11 is 5.31. The molecule has 0 aliphatic heterocycles. The van der Waals surface area contributed by atoms with E-state index in [0.717, 1.165) is 4.99 Å². The molecule has 0 heterocycles. The highest BCUT2D eigenvalue weighted by atomic mass is 32.1. The van der Waals surface area contributed by atoms with E-state index < -0.39 is 8.24 Å². The zero-order valence-electron chi connectivity index (χ0n) is 9.24. The van der Waals surface area contributed by atoms with Gasteiger partial charge in [0.25, 0.3) is 0 Å². The second-order valence-electron chi connectivity index (χ2n) is 4.36. The largest absolute Gasteiger partial charge is 0.364 e. The van der Waals surface area contributed by atoms with E-state index in [9.17, 15) is 0 Å². The maximum Gasteiger partial charge on any atom is 0.154 e. The summed E-state index contributed by atoms with van der Waals surface area (Å²) in [6.07, 6.45) is 0. The van der Waals surface area contributed by atoms with E-state index in [1.54, 1.807) is 0 Å². The van der Waals surface area contributed by atoms with E-state index in [1.165, 1.54) is 5.69 Å². The Kier molecular flexibility index (Phi) is 3.45. The fourth-order valence-electron chi connectivity index (χ4n) is 1.62. The summed E-state index contributed by atoms with van der Waals surface area (Å²) in [5, 5.41) is 0. The molecule has 0 amide bonds. The van der Waals surface area contributed by atoms with Crippen LogP contribution in [-0.2, 0) is 0 Å². The number of anilines is 1. The molecule has 1 nitrogen and oxygen atoms in total. The van der Waals surface area contributed by atoms with Crippen LogP contribution < -0.4 is 4.57 Å². The topological polar surface area (TPSA) is 3.24 Å². The Hall–Kier alpha value is -0.673. The van der Waals surface area contributed by atoms with Crippen molar-refractivity contribution in [3.8, 4) is 0 Å². The molecule has 1 aromatic carbocycles. The highest BCUT2D eigenvalue weighted by Gasteiger charge is 2.25. The fraction of sp³-hybridized carbons (Fsp3) is 0.364. The summed E-state index contributed by atoms with van der Waals surface area (Å²) in [7, 11) is -1.40. The third-order valence-corrected chi connectivity index (χ3v) is 4.28. The number of thiocarbonyl (C=S) groups is 1. The Balaban J connectivity index is 3.08. The van der Waals surface area contributed by atoms with E-state index in [0.29, 0.717) is 0 Å². The van der Waals surface area contributed by atoms with Crippen LogP contribution in [0.25, 0.3) is 0 Å². The van der Waals surface area contributed by atoms with E-state index in [-0.39, 0.29) is 0 Å². The van der Waals surface area contributed by atoms with Crippen molar-refractivity contribution in [3.63, 3.8) is 0 Å². The lowest BCUT2D eigenvalue weighted by Crippen LogP contribution is -2.48. The second kappa shape index (κ2) is 4.23. The SMILES string of the molecule is CC(=S)N(c1ccccc1)[Si](C)(C)C. The molecule has 0 atom stereocenters. The molecule has 14 heavy (non-hydrogen) atoms. The Labute approximate surface area is 92.8 Å².